The number of hydrogen-bond donors (Lipinski definition) is 2. The fraction of sp³-hybridized carbons (Fsp3) is 0.636. The zero-order valence-electron chi connectivity index (χ0n) is 17.1. The van der Waals surface area contributed by atoms with Crippen LogP contribution < -0.4 is 5.32 Å². The van der Waals surface area contributed by atoms with E-state index in [0.29, 0.717) is 18.1 Å². The first-order valence-corrected chi connectivity index (χ1v) is 11.4. The highest BCUT2D eigenvalue weighted by atomic mass is 32.2. The third-order valence-corrected chi connectivity index (χ3v) is 6.50. The third kappa shape index (κ3) is 6.46. The van der Waals surface area contributed by atoms with Crippen molar-refractivity contribution in [2.45, 2.75) is 76.4 Å². The molecule has 0 aromatic heterocycles. The summed E-state index contributed by atoms with van der Waals surface area (Å²) in [6, 6.07) is -0.505. The highest BCUT2D eigenvalue weighted by Crippen LogP contribution is 2.36. The Balaban J connectivity index is 1.78. The Morgan fingerprint density at radius 3 is 2.83 bits per heavy atom. The molecule has 1 amide bonds. The number of amides is 1. The number of thioether (sulfide) groups is 1. The SMILES string of the molecule is C/C1=C/C(=O)OC2C[C@@H](CC[C@H](C)/C=C\C=C\CC1)OC(O)(C1CSC(=O)N1)C2. The molecular weight excluding hydrogens is 390 g/mol. The van der Waals surface area contributed by atoms with Crippen LogP contribution in [0.25, 0.3) is 0 Å². The number of hydrogen-bond acceptors (Lipinski definition) is 6. The molecule has 3 aliphatic heterocycles. The smallest absolute Gasteiger partial charge is 0.330 e. The number of carbonyl (C=O) groups is 2. The highest BCUT2D eigenvalue weighted by Gasteiger charge is 2.49. The van der Waals surface area contributed by atoms with Crippen LogP contribution >= 0.6 is 11.8 Å². The Morgan fingerprint density at radius 2 is 2.07 bits per heavy atom. The Bertz CT molecular complexity index is 703. The van der Waals surface area contributed by atoms with Crippen LogP contribution in [0.15, 0.2) is 36.0 Å². The largest absolute Gasteiger partial charge is 0.459 e. The molecule has 0 aromatic rings. The lowest BCUT2D eigenvalue weighted by molar-refractivity contribution is -0.283. The lowest BCUT2D eigenvalue weighted by Crippen LogP contribution is -2.58. The maximum atomic E-state index is 12.4. The topological polar surface area (TPSA) is 84.9 Å². The lowest BCUT2D eigenvalue weighted by atomic mass is 9.90. The predicted molar refractivity (Wildman–Crippen MR) is 113 cm³/mol. The number of aliphatic hydroxyl groups is 1. The van der Waals surface area contributed by atoms with Gasteiger partial charge in [0.1, 0.15) is 6.10 Å². The van der Waals surface area contributed by atoms with Crippen molar-refractivity contribution in [2.75, 3.05) is 5.75 Å². The van der Waals surface area contributed by atoms with E-state index in [0.717, 1.165) is 43.0 Å². The van der Waals surface area contributed by atoms with E-state index < -0.39 is 17.9 Å². The van der Waals surface area contributed by atoms with Crippen molar-refractivity contribution in [3.8, 4) is 0 Å². The number of esters is 1. The van der Waals surface area contributed by atoms with E-state index in [-0.39, 0.29) is 23.7 Å². The average Bonchev–Trinajstić information content (AvgIpc) is 3.09. The van der Waals surface area contributed by atoms with E-state index in [1.165, 1.54) is 6.08 Å². The monoisotopic (exact) mass is 421 g/mol. The Labute approximate surface area is 176 Å². The molecular formula is C22H31NO5S. The van der Waals surface area contributed by atoms with E-state index in [1.807, 2.05) is 13.0 Å². The molecule has 0 radical (unpaired) electrons. The molecule has 7 heteroatoms. The summed E-state index contributed by atoms with van der Waals surface area (Å²) < 4.78 is 11.8. The van der Waals surface area contributed by atoms with Crippen LogP contribution in [0.5, 0.6) is 0 Å². The van der Waals surface area contributed by atoms with Gasteiger partial charge >= 0.3 is 5.97 Å². The molecule has 3 heterocycles. The molecule has 0 aromatic carbocycles. The number of allylic oxidation sites excluding steroid dienone is 5. The van der Waals surface area contributed by atoms with Crippen LogP contribution in [-0.2, 0) is 14.3 Å². The predicted octanol–water partition coefficient (Wildman–Crippen LogP) is 3.86. The maximum absolute atomic E-state index is 12.4. The molecule has 2 saturated heterocycles. The standard InChI is InChI=1S/C22H31NO5S/c1-15-7-5-3-4-6-8-16(2)11-20(24)27-18-12-17(10-9-15)28-22(26,13-18)19-14-29-21(25)23-19/h3-5,7,11,15,17-19,26H,6,8-10,12-14H2,1-2H3,(H,23,25)/b4-3+,7-5-,16-11-/t15-,17-,18?,19?,22?/m1/s1. The zero-order chi connectivity index (χ0) is 20.9. The highest BCUT2D eigenvalue weighted by molar-refractivity contribution is 8.14. The summed E-state index contributed by atoms with van der Waals surface area (Å²) in [6.45, 7) is 4.07. The molecule has 2 fully saturated rings. The second-order valence-corrected chi connectivity index (χ2v) is 9.27. The fourth-order valence-electron chi connectivity index (χ4n) is 3.96. The van der Waals surface area contributed by atoms with Gasteiger partial charge in [0.25, 0.3) is 5.24 Å². The summed E-state index contributed by atoms with van der Waals surface area (Å²) in [4.78, 5) is 24.0. The van der Waals surface area contributed by atoms with Crippen LogP contribution in [0.2, 0.25) is 0 Å². The molecule has 5 atom stereocenters. The van der Waals surface area contributed by atoms with E-state index in [2.05, 4.69) is 30.5 Å². The van der Waals surface area contributed by atoms with Crippen molar-refractivity contribution in [1.82, 2.24) is 5.32 Å². The van der Waals surface area contributed by atoms with E-state index in [9.17, 15) is 14.7 Å². The van der Waals surface area contributed by atoms with Crippen molar-refractivity contribution in [1.29, 1.82) is 0 Å². The number of rotatable bonds is 1. The van der Waals surface area contributed by atoms with Gasteiger partial charge in [-0.3, -0.25) is 4.79 Å². The molecule has 2 bridgehead atoms. The average molecular weight is 422 g/mol. The van der Waals surface area contributed by atoms with Crippen LogP contribution in [-0.4, -0.2) is 46.1 Å². The van der Waals surface area contributed by atoms with Crippen molar-refractivity contribution in [2.24, 2.45) is 5.92 Å². The molecule has 0 aliphatic carbocycles. The second-order valence-electron chi connectivity index (χ2n) is 8.28. The van der Waals surface area contributed by atoms with Gasteiger partial charge in [-0.05, 0) is 38.5 Å². The van der Waals surface area contributed by atoms with Gasteiger partial charge in [0.15, 0.2) is 5.79 Å². The first kappa shape index (κ1) is 22.1. The number of ether oxygens (including phenoxy) is 2. The fourth-order valence-corrected chi connectivity index (χ4v) is 4.85. The van der Waals surface area contributed by atoms with Crippen molar-refractivity contribution in [3.63, 3.8) is 0 Å². The molecule has 3 unspecified atom stereocenters. The van der Waals surface area contributed by atoms with Crippen LogP contribution in [0.4, 0.5) is 4.79 Å². The van der Waals surface area contributed by atoms with Gasteiger partial charge in [0, 0.05) is 24.7 Å². The Morgan fingerprint density at radius 1 is 1.24 bits per heavy atom. The molecule has 29 heavy (non-hydrogen) atoms. The van der Waals surface area contributed by atoms with Crippen LogP contribution in [0, 0.1) is 5.92 Å². The Kier molecular flexibility index (Phi) is 7.60. The molecule has 3 aliphatic rings. The summed E-state index contributed by atoms with van der Waals surface area (Å²) in [6.07, 6.45) is 13.2. The maximum Gasteiger partial charge on any atom is 0.330 e. The van der Waals surface area contributed by atoms with Crippen molar-refractivity contribution in [3.05, 3.63) is 36.0 Å². The molecule has 6 nitrogen and oxygen atoms in total. The molecule has 3 rings (SSSR count). The minimum absolute atomic E-state index is 0.159. The summed E-state index contributed by atoms with van der Waals surface area (Å²) in [5.41, 5.74) is 0.961. The summed E-state index contributed by atoms with van der Waals surface area (Å²) in [7, 11) is 0. The zero-order valence-corrected chi connectivity index (χ0v) is 18.0. The van der Waals surface area contributed by atoms with Gasteiger partial charge in [0.2, 0.25) is 0 Å². The summed E-state index contributed by atoms with van der Waals surface area (Å²) >= 11 is 1.14. The number of nitrogens with one attached hydrogen (secondary N) is 1. The molecule has 160 valence electrons. The molecule has 2 N–H and O–H groups in total. The molecule has 0 spiro atoms. The quantitative estimate of drug-likeness (QED) is 0.626. The van der Waals surface area contributed by atoms with Crippen molar-refractivity contribution >= 4 is 23.0 Å². The van der Waals surface area contributed by atoms with Gasteiger partial charge in [-0.15, -0.1) is 0 Å². The molecule has 0 saturated carbocycles. The minimum Gasteiger partial charge on any atom is -0.459 e. The van der Waals surface area contributed by atoms with Gasteiger partial charge in [-0.25, -0.2) is 4.79 Å². The van der Waals surface area contributed by atoms with E-state index in [4.69, 9.17) is 9.47 Å². The van der Waals surface area contributed by atoms with Gasteiger partial charge in [-0.2, -0.15) is 0 Å². The lowest BCUT2D eigenvalue weighted by Gasteiger charge is -2.43. The number of carbonyl (C=O) groups excluding carboxylic acids is 2. The minimum atomic E-state index is -1.53. The first-order valence-electron chi connectivity index (χ1n) is 10.4. The summed E-state index contributed by atoms with van der Waals surface area (Å²) in [5, 5.41) is 13.8. The Hall–Kier alpha value is -1.57. The number of fused-ring (bicyclic) bond motifs is 2. The second kappa shape index (κ2) is 9.96. The summed E-state index contributed by atoms with van der Waals surface area (Å²) in [5.74, 6) is -1.10. The van der Waals surface area contributed by atoms with Crippen LogP contribution in [0.3, 0.4) is 0 Å². The van der Waals surface area contributed by atoms with E-state index >= 15 is 0 Å². The van der Waals surface area contributed by atoms with Gasteiger partial charge in [0.05, 0.1) is 12.1 Å². The normalized spacial score (nSPS) is 41.0. The van der Waals surface area contributed by atoms with Gasteiger partial charge < -0.3 is 19.9 Å². The first-order chi connectivity index (χ1) is 13.8. The van der Waals surface area contributed by atoms with E-state index in [1.54, 1.807) is 0 Å². The van der Waals surface area contributed by atoms with Crippen LogP contribution in [0.1, 0.15) is 52.4 Å². The van der Waals surface area contributed by atoms with Gasteiger partial charge in [-0.1, -0.05) is 48.6 Å². The van der Waals surface area contributed by atoms with Crippen molar-refractivity contribution < 1.29 is 24.2 Å². The third-order valence-electron chi connectivity index (χ3n) is 5.62.